The van der Waals surface area contributed by atoms with Gasteiger partial charge in [0, 0.05) is 18.4 Å². The molecule has 8 heteroatoms. The number of furan rings is 1. The fourth-order valence-corrected chi connectivity index (χ4v) is 4.77. The number of Topliss-reactive ketones (excluding diaryl/α,β-unsaturated/α-hetero) is 1. The molecule has 1 fully saturated rings. The summed E-state index contributed by atoms with van der Waals surface area (Å²) in [5, 5.41) is 12.2. The molecule has 2 aliphatic rings. The van der Waals surface area contributed by atoms with E-state index in [1.807, 2.05) is 0 Å². The first-order valence-electron chi connectivity index (χ1n) is 9.90. The molecule has 0 radical (unpaired) electrons. The Morgan fingerprint density at radius 2 is 1.97 bits per heavy atom. The van der Waals surface area contributed by atoms with Gasteiger partial charge in [-0.25, -0.2) is 0 Å². The number of methoxy groups -OCH3 is 2. The average molecular weight is 428 g/mol. The third kappa shape index (κ3) is 3.27. The van der Waals surface area contributed by atoms with Crippen molar-refractivity contribution in [3.63, 3.8) is 0 Å². The molecule has 3 atom stereocenters. The van der Waals surface area contributed by atoms with Crippen molar-refractivity contribution in [2.24, 2.45) is 5.41 Å². The van der Waals surface area contributed by atoms with Crippen LogP contribution in [0.25, 0.3) is 0 Å². The largest absolute Gasteiger partial charge is 0.497 e. The number of ether oxygens (including phenoxy) is 4. The molecule has 0 saturated heterocycles. The summed E-state index contributed by atoms with van der Waals surface area (Å²) in [6, 6.07) is 8.46. The van der Waals surface area contributed by atoms with Crippen LogP contribution in [0, 0.1) is 5.41 Å². The second-order valence-electron chi connectivity index (χ2n) is 7.71. The zero-order valence-electron chi connectivity index (χ0n) is 17.3. The van der Waals surface area contributed by atoms with Crippen LogP contribution in [0.1, 0.15) is 36.3 Å². The van der Waals surface area contributed by atoms with Gasteiger partial charge >= 0.3 is 5.97 Å². The van der Waals surface area contributed by atoms with E-state index >= 15 is 0 Å². The number of ketones is 1. The summed E-state index contributed by atoms with van der Waals surface area (Å²) in [6.45, 7) is -0.0319. The molecule has 2 heterocycles. The quantitative estimate of drug-likeness (QED) is 0.700. The minimum Gasteiger partial charge on any atom is -0.497 e. The zero-order chi connectivity index (χ0) is 22.1. The van der Waals surface area contributed by atoms with Crippen molar-refractivity contribution in [2.45, 2.75) is 30.8 Å². The molecule has 1 N–H and O–H groups in total. The maximum Gasteiger partial charge on any atom is 0.316 e. The Morgan fingerprint density at radius 1 is 1.19 bits per heavy atom. The van der Waals surface area contributed by atoms with Crippen LogP contribution in [0.2, 0.25) is 0 Å². The van der Waals surface area contributed by atoms with Crippen molar-refractivity contribution in [3.05, 3.63) is 66.0 Å². The highest BCUT2D eigenvalue weighted by atomic mass is 16.7. The molecule has 164 valence electrons. The Bertz CT molecular complexity index is 978. The van der Waals surface area contributed by atoms with E-state index in [0.717, 1.165) is 0 Å². The molecule has 0 amide bonds. The van der Waals surface area contributed by atoms with Crippen LogP contribution in [0.4, 0.5) is 0 Å². The lowest BCUT2D eigenvalue weighted by Crippen LogP contribution is -2.59. The molecule has 3 unspecified atom stereocenters. The number of allylic oxidation sites excluding steroid dienone is 1. The molecular formula is C23H24O8. The maximum absolute atomic E-state index is 13.5. The number of carbonyl (C=O) groups is 2. The summed E-state index contributed by atoms with van der Waals surface area (Å²) < 4.78 is 26.6. The Hall–Kier alpha value is -3.26. The molecule has 1 aliphatic heterocycles. The van der Waals surface area contributed by atoms with Gasteiger partial charge in [-0.1, -0.05) is 12.1 Å². The molecule has 1 saturated carbocycles. The zero-order valence-corrected chi connectivity index (χ0v) is 17.3. The van der Waals surface area contributed by atoms with E-state index in [0.29, 0.717) is 22.6 Å². The van der Waals surface area contributed by atoms with Crippen molar-refractivity contribution < 1.29 is 38.1 Å². The monoisotopic (exact) mass is 428 g/mol. The van der Waals surface area contributed by atoms with Gasteiger partial charge in [-0.15, -0.1) is 0 Å². The van der Waals surface area contributed by atoms with E-state index in [1.165, 1.54) is 25.9 Å². The second kappa shape index (κ2) is 8.11. The number of aliphatic hydroxyl groups is 1. The van der Waals surface area contributed by atoms with Gasteiger partial charge in [0.15, 0.2) is 0 Å². The standard InChI is InChI=1S/C23H24O8/c1-27-18-5-3-16(4-6-18)23(26)9-7-17(24)11-22(23,21(25)28-2)20(15-8-10-29-12-15)19-13-30-14-31-19/h3-6,8,10,12-13,20,26H,7,9,11,14H2,1-2H3. The Morgan fingerprint density at radius 3 is 2.55 bits per heavy atom. The average Bonchev–Trinajstić information content (AvgIpc) is 3.51. The molecule has 1 aromatic carbocycles. The lowest BCUT2D eigenvalue weighted by atomic mass is 9.53. The van der Waals surface area contributed by atoms with Crippen LogP contribution in [0.3, 0.4) is 0 Å². The smallest absolute Gasteiger partial charge is 0.316 e. The minimum absolute atomic E-state index is 0.0319. The van der Waals surface area contributed by atoms with E-state index < -0.39 is 22.9 Å². The molecule has 1 aromatic heterocycles. The van der Waals surface area contributed by atoms with Crippen LogP contribution in [-0.2, 0) is 29.4 Å². The number of hydrogen-bond acceptors (Lipinski definition) is 8. The van der Waals surface area contributed by atoms with E-state index in [-0.39, 0.29) is 31.8 Å². The van der Waals surface area contributed by atoms with Crippen LogP contribution in [0.15, 0.2) is 59.3 Å². The number of carbonyl (C=O) groups excluding carboxylic acids is 2. The van der Waals surface area contributed by atoms with Crippen molar-refractivity contribution in [1.29, 1.82) is 0 Å². The SMILES string of the molecule is COC(=O)C1(C(C2=COCO2)c2ccoc2)CC(=O)CCC1(O)c1ccc(OC)cc1. The third-order valence-electron chi connectivity index (χ3n) is 6.24. The Balaban J connectivity index is 1.98. The first-order valence-corrected chi connectivity index (χ1v) is 9.90. The summed E-state index contributed by atoms with van der Waals surface area (Å²) in [5.74, 6) is -0.839. The Kier molecular flexibility index (Phi) is 5.49. The fourth-order valence-electron chi connectivity index (χ4n) is 4.77. The van der Waals surface area contributed by atoms with E-state index in [1.54, 1.807) is 37.4 Å². The van der Waals surface area contributed by atoms with E-state index in [9.17, 15) is 14.7 Å². The van der Waals surface area contributed by atoms with Crippen molar-refractivity contribution >= 4 is 11.8 Å². The summed E-state index contributed by atoms with van der Waals surface area (Å²) >= 11 is 0. The molecule has 0 bridgehead atoms. The van der Waals surface area contributed by atoms with Crippen molar-refractivity contribution in [3.8, 4) is 5.75 Å². The van der Waals surface area contributed by atoms with Gasteiger partial charge in [-0.3, -0.25) is 9.59 Å². The highest BCUT2D eigenvalue weighted by Crippen LogP contribution is 2.60. The lowest BCUT2D eigenvalue weighted by molar-refractivity contribution is -0.191. The number of benzene rings is 1. The molecule has 31 heavy (non-hydrogen) atoms. The number of hydrogen-bond donors (Lipinski definition) is 1. The maximum atomic E-state index is 13.5. The molecule has 0 spiro atoms. The normalized spacial score (nSPS) is 26.4. The first-order chi connectivity index (χ1) is 15.0. The van der Waals surface area contributed by atoms with Crippen molar-refractivity contribution in [1.82, 2.24) is 0 Å². The lowest BCUT2D eigenvalue weighted by Gasteiger charge is -2.51. The van der Waals surface area contributed by atoms with Gasteiger partial charge in [-0.05, 0) is 30.2 Å². The van der Waals surface area contributed by atoms with Gasteiger partial charge in [0.05, 0.1) is 32.7 Å². The van der Waals surface area contributed by atoms with Crippen LogP contribution < -0.4 is 4.74 Å². The first kappa shape index (κ1) is 21.0. The predicted molar refractivity (Wildman–Crippen MR) is 107 cm³/mol. The van der Waals surface area contributed by atoms with Gasteiger partial charge in [0.2, 0.25) is 6.79 Å². The highest BCUT2D eigenvalue weighted by Gasteiger charge is 2.66. The molecular weight excluding hydrogens is 404 g/mol. The van der Waals surface area contributed by atoms with Crippen LogP contribution in [-0.4, -0.2) is 37.9 Å². The van der Waals surface area contributed by atoms with Crippen molar-refractivity contribution in [2.75, 3.05) is 21.0 Å². The number of rotatable bonds is 6. The summed E-state index contributed by atoms with van der Waals surface area (Å²) in [7, 11) is 2.78. The second-order valence-corrected chi connectivity index (χ2v) is 7.71. The fraction of sp³-hybridized carbons (Fsp3) is 0.391. The summed E-state index contributed by atoms with van der Waals surface area (Å²) in [6.07, 6.45) is 4.24. The van der Waals surface area contributed by atoms with Crippen LogP contribution >= 0.6 is 0 Å². The molecule has 2 aromatic rings. The summed E-state index contributed by atoms with van der Waals surface area (Å²) in [4.78, 5) is 26.3. The Labute approximate surface area is 179 Å². The minimum atomic E-state index is -1.74. The van der Waals surface area contributed by atoms with Gasteiger partial charge < -0.3 is 28.5 Å². The molecule has 8 nitrogen and oxygen atoms in total. The highest BCUT2D eigenvalue weighted by molar-refractivity contribution is 5.91. The van der Waals surface area contributed by atoms with Crippen LogP contribution in [0.5, 0.6) is 5.75 Å². The third-order valence-corrected chi connectivity index (χ3v) is 6.24. The van der Waals surface area contributed by atoms with Gasteiger partial charge in [-0.2, -0.15) is 0 Å². The van der Waals surface area contributed by atoms with Gasteiger partial charge in [0.25, 0.3) is 0 Å². The van der Waals surface area contributed by atoms with E-state index in [2.05, 4.69) is 0 Å². The van der Waals surface area contributed by atoms with Gasteiger partial charge in [0.1, 0.15) is 34.6 Å². The van der Waals surface area contributed by atoms with E-state index in [4.69, 9.17) is 23.4 Å². The topological polar surface area (TPSA) is 104 Å². The summed E-state index contributed by atoms with van der Waals surface area (Å²) in [5.41, 5.74) is -2.42. The number of esters is 1. The molecule has 1 aliphatic carbocycles. The molecule has 4 rings (SSSR count). The predicted octanol–water partition coefficient (Wildman–Crippen LogP) is 3.02.